The number of carbonyl (C=O) groups is 1. The number of hydrogen-bond acceptors (Lipinski definition) is 3. The quantitative estimate of drug-likeness (QED) is 0.601. The molecule has 3 rings (SSSR count). The van der Waals surface area contributed by atoms with E-state index in [1.807, 2.05) is 24.3 Å². The van der Waals surface area contributed by atoms with Gasteiger partial charge in [-0.05, 0) is 24.6 Å². The Labute approximate surface area is 107 Å². The van der Waals surface area contributed by atoms with Crippen LogP contribution >= 0.6 is 22.7 Å². The Hall–Kier alpha value is -1.45. The van der Waals surface area contributed by atoms with Crippen molar-refractivity contribution in [2.45, 2.75) is 6.92 Å². The summed E-state index contributed by atoms with van der Waals surface area (Å²) in [6.07, 6.45) is 0. The van der Waals surface area contributed by atoms with Gasteiger partial charge in [0.1, 0.15) is 0 Å². The van der Waals surface area contributed by atoms with Crippen molar-refractivity contribution >= 4 is 37.9 Å². The van der Waals surface area contributed by atoms with Crippen molar-refractivity contribution in [3.8, 4) is 10.4 Å². The molecule has 0 unspecified atom stereocenters. The average Bonchev–Trinajstić information content (AvgIpc) is 2.87. The molecule has 0 radical (unpaired) electrons. The number of Topliss-reactive ketones (excluding diaryl/α,β-unsaturated/α-hetero) is 1. The highest BCUT2D eigenvalue weighted by Gasteiger charge is 2.10. The van der Waals surface area contributed by atoms with Gasteiger partial charge in [0.25, 0.3) is 0 Å². The SMILES string of the molecule is CC(=O)c1cc2cc(-c3ccccc3)sc2s1. The van der Waals surface area contributed by atoms with Crippen LogP contribution in [0.2, 0.25) is 0 Å². The number of hydrogen-bond donors (Lipinski definition) is 0. The van der Waals surface area contributed by atoms with E-state index in [2.05, 4.69) is 18.2 Å². The van der Waals surface area contributed by atoms with Crippen molar-refractivity contribution in [2.75, 3.05) is 0 Å². The summed E-state index contributed by atoms with van der Waals surface area (Å²) < 4.78 is 1.23. The smallest absolute Gasteiger partial charge is 0.169 e. The minimum atomic E-state index is 0.152. The van der Waals surface area contributed by atoms with Crippen molar-refractivity contribution in [1.29, 1.82) is 0 Å². The number of benzene rings is 1. The first-order valence-corrected chi connectivity index (χ1v) is 6.97. The second-order valence-electron chi connectivity index (χ2n) is 3.89. The topological polar surface area (TPSA) is 17.1 Å². The third-order valence-electron chi connectivity index (χ3n) is 2.62. The van der Waals surface area contributed by atoms with E-state index < -0.39 is 0 Å². The molecule has 0 bridgehead atoms. The molecule has 0 aliphatic carbocycles. The molecule has 0 aliphatic heterocycles. The predicted octanol–water partition coefficient (Wildman–Crippen LogP) is 4.83. The number of rotatable bonds is 2. The van der Waals surface area contributed by atoms with Gasteiger partial charge < -0.3 is 0 Å². The van der Waals surface area contributed by atoms with Gasteiger partial charge in [-0.15, -0.1) is 22.7 Å². The third kappa shape index (κ3) is 1.92. The Kier molecular flexibility index (Phi) is 2.57. The molecule has 84 valence electrons. The molecular weight excluding hydrogens is 248 g/mol. The van der Waals surface area contributed by atoms with Crippen LogP contribution in [0.3, 0.4) is 0 Å². The molecule has 1 nitrogen and oxygen atoms in total. The molecule has 0 fully saturated rings. The maximum Gasteiger partial charge on any atom is 0.169 e. The summed E-state index contributed by atoms with van der Waals surface area (Å²) in [4.78, 5) is 13.4. The van der Waals surface area contributed by atoms with Gasteiger partial charge in [-0.1, -0.05) is 30.3 Å². The summed E-state index contributed by atoms with van der Waals surface area (Å²) in [5.74, 6) is 0.152. The predicted molar refractivity (Wildman–Crippen MR) is 75.1 cm³/mol. The lowest BCUT2D eigenvalue weighted by Crippen LogP contribution is -1.83. The molecule has 0 saturated heterocycles. The molecule has 1 aromatic carbocycles. The fourth-order valence-corrected chi connectivity index (χ4v) is 4.10. The molecular formula is C14H10OS2. The zero-order chi connectivity index (χ0) is 11.8. The molecule has 0 N–H and O–H groups in total. The van der Waals surface area contributed by atoms with Crippen molar-refractivity contribution < 1.29 is 4.79 Å². The van der Waals surface area contributed by atoms with Gasteiger partial charge in [-0.25, -0.2) is 0 Å². The number of ketones is 1. The second kappa shape index (κ2) is 4.09. The van der Waals surface area contributed by atoms with E-state index in [-0.39, 0.29) is 5.78 Å². The summed E-state index contributed by atoms with van der Waals surface area (Å²) in [7, 11) is 0. The molecule has 17 heavy (non-hydrogen) atoms. The van der Waals surface area contributed by atoms with E-state index in [1.165, 1.54) is 19.8 Å². The van der Waals surface area contributed by atoms with Crippen LogP contribution in [0.4, 0.5) is 0 Å². The molecule has 0 spiro atoms. The molecule has 0 saturated carbocycles. The van der Waals surface area contributed by atoms with Crippen LogP contribution < -0.4 is 0 Å². The fourth-order valence-electron chi connectivity index (χ4n) is 1.76. The molecule has 3 aromatic rings. The van der Waals surface area contributed by atoms with Crippen molar-refractivity contribution in [3.63, 3.8) is 0 Å². The summed E-state index contributed by atoms with van der Waals surface area (Å²) >= 11 is 3.34. The van der Waals surface area contributed by atoms with Crippen LogP contribution in [0.1, 0.15) is 16.6 Å². The van der Waals surface area contributed by atoms with E-state index in [4.69, 9.17) is 0 Å². The highest BCUT2D eigenvalue weighted by atomic mass is 32.2. The van der Waals surface area contributed by atoms with Crippen LogP contribution in [0, 0.1) is 0 Å². The minimum absolute atomic E-state index is 0.152. The largest absolute Gasteiger partial charge is 0.294 e. The third-order valence-corrected chi connectivity index (χ3v) is 5.16. The Morgan fingerprint density at radius 2 is 1.82 bits per heavy atom. The molecule has 0 aliphatic rings. The lowest BCUT2D eigenvalue weighted by atomic mass is 10.2. The highest BCUT2D eigenvalue weighted by Crippen LogP contribution is 2.38. The lowest BCUT2D eigenvalue weighted by molar-refractivity contribution is 0.102. The molecule has 2 heterocycles. The van der Waals surface area contributed by atoms with Gasteiger partial charge in [-0.3, -0.25) is 4.79 Å². The first-order chi connectivity index (χ1) is 8.24. The van der Waals surface area contributed by atoms with Crippen molar-refractivity contribution in [3.05, 3.63) is 47.3 Å². The lowest BCUT2D eigenvalue weighted by Gasteiger charge is -1.94. The zero-order valence-corrected chi connectivity index (χ0v) is 10.9. The summed E-state index contributed by atoms with van der Waals surface area (Å²) in [5.41, 5.74) is 1.24. The molecule has 0 amide bonds. The number of thiophene rings is 2. The van der Waals surface area contributed by atoms with E-state index >= 15 is 0 Å². The van der Waals surface area contributed by atoms with Crippen LogP contribution in [0.25, 0.3) is 19.8 Å². The van der Waals surface area contributed by atoms with Crippen LogP contribution in [0.15, 0.2) is 42.5 Å². The van der Waals surface area contributed by atoms with Crippen molar-refractivity contribution in [1.82, 2.24) is 0 Å². The molecule has 3 heteroatoms. The summed E-state index contributed by atoms with van der Waals surface area (Å²) in [6, 6.07) is 14.5. The van der Waals surface area contributed by atoms with Gasteiger partial charge in [0, 0.05) is 10.3 Å². The highest BCUT2D eigenvalue weighted by molar-refractivity contribution is 7.40. The molecule has 2 aromatic heterocycles. The minimum Gasteiger partial charge on any atom is -0.294 e. The number of fused-ring (bicyclic) bond motifs is 1. The first kappa shape index (κ1) is 10.7. The summed E-state index contributed by atoms with van der Waals surface area (Å²) in [6.45, 7) is 1.62. The van der Waals surface area contributed by atoms with E-state index in [0.717, 1.165) is 4.88 Å². The summed E-state index contributed by atoms with van der Waals surface area (Å²) in [5, 5.41) is 1.18. The Morgan fingerprint density at radius 1 is 1.06 bits per heavy atom. The maximum absolute atomic E-state index is 11.3. The zero-order valence-electron chi connectivity index (χ0n) is 9.27. The average molecular weight is 258 g/mol. The second-order valence-corrected chi connectivity index (χ2v) is 6.25. The van der Waals surface area contributed by atoms with Crippen LogP contribution in [-0.4, -0.2) is 5.78 Å². The Balaban J connectivity index is 2.10. The number of carbonyl (C=O) groups excluding carboxylic acids is 1. The van der Waals surface area contributed by atoms with E-state index in [0.29, 0.717) is 0 Å². The standard InChI is InChI=1S/C14H10OS2/c1-9(15)12-7-11-8-13(17-14(11)16-12)10-5-3-2-4-6-10/h2-8H,1H3. The molecule has 0 atom stereocenters. The van der Waals surface area contributed by atoms with Gasteiger partial charge in [0.2, 0.25) is 0 Å². The first-order valence-electron chi connectivity index (χ1n) is 5.34. The normalized spacial score (nSPS) is 10.9. The van der Waals surface area contributed by atoms with E-state index in [9.17, 15) is 4.79 Å². The van der Waals surface area contributed by atoms with Crippen LogP contribution in [-0.2, 0) is 0 Å². The Morgan fingerprint density at radius 3 is 2.47 bits per heavy atom. The maximum atomic E-state index is 11.3. The van der Waals surface area contributed by atoms with E-state index in [1.54, 1.807) is 29.6 Å². The van der Waals surface area contributed by atoms with Gasteiger partial charge in [0.15, 0.2) is 5.78 Å². The van der Waals surface area contributed by atoms with Crippen LogP contribution in [0.5, 0.6) is 0 Å². The van der Waals surface area contributed by atoms with Crippen molar-refractivity contribution in [2.24, 2.45) is 0 Å². The fraction of sp³-hybridized carbons (Fsp3) is 0.0714. The van der Waals surface area contributed by atoms with Gasteiger partial charge >= 0.3 is 0 Å². The monoisotopic (exact) mass is 258 g/mol. The van der Waals surface area contributed by atoms with Gasteiger partial charge in [-0.2, -0.15) is 0 Å². The Bertz CT molecular complexity index is 645. The van der Waals surface area contributed by atoms with Gasteiger partial charge in [0.05, 0.1) is 8.89 Å².